The van der Waals surface area contributed by atoms with Crippen molar-refractivity contribution in [3.8, 4) is 22.3 Å². The first-order valence-corrected chi connectivity index (χ1v) is 14.0. The smallest absolute Gasteiger partial charge is 0.341 e. The number of carboxylic acid groups (broad SMARTS) is 1. The van der Waals surface area contributed by atoms with Crippen molar-refractivity contribution >= 4 is 34.8 Å². The normalized spacial score (nSPS) is 19.0. The number of benzene rings is 1. The number of nitrogens with zero attached hydrogens (tertiary/aromatic N) is 6. The Morgan fingerprint density at radius 1 is 1.14 bits per heavy atom. The maximum Gasteiger partial charge on any atom is 0.341 e. The zero-order chi connectivity index (χ0) is 30.3. The number of hydrogen-bond donors (Lipinski definition) is 1. The Bertz CT molecular complexity index is 1940. The van der Waals surface area contributed by atoms with Crippen molar-refractivity contribution in [3.05, 3.63) is 69.4 Å². The van der Waals surface area contributed by atoms with Gasteiger partial charge in [0.25, 0.3) is 0 Å². The Balaban J connectivity index is 1.53. The van der Waals surface area contributed by atoms with E-state index in [4.69, 9.17) is 4.98 Å². The quantitative estimate of drug-likeness (QED) is 0.313. The van der Waals surface area contributed by atoms with E-state index in [-0.39, 0.29) is 34.7 Å². The van der Waals surface area contributed by atoms with Crippen LogP contribution >= 0.6 is 0 Å². The van der Waals surface area contributed by atoms with Gasteiger partial charge in [0.2, 0.25) is 11.8 Å². The lowest BCUT2D eigenvalue weighted by Gasteiger charge is -2.31. The fourth-order valence-electron chi connectivity index (χ4n) is 7.19. The molecule has 0 radical (unpaired) electrons. The number of aromatic nitrogens is 3. The lowest BCUT2D eigenvalue weighted by Crippen LogP contribution is -2.35. The van der Waals surface area contributed by atoms with Gasteiger partial charge >= 0.3 is 5.97 Å². The highest BCUT2D eigenvalue weighted by Gasteiger charge is 2.43. The number of amides is 1. The molecule has 1 aromatic carbocycles. The summed E-state index contributed by atoms with van der Waals surface area (Å²) in [5.74, 6) is -3.03. The molecule has 3 aliphatic rings. The number of halogens is 2. The zero-order valence-corrected chi connectivity index (χ0v) is 23.8. The number of aryl methyl sites for hydroxylation is 1. The Kier molecular flexibility index (Phi) is 6.10. The van der Waals surface area contributed by atoms with Crippen LogP contribution in [0.4, 0.5) is 20.2 Å². The summed E-state index contributed by atoms with van der Waals surface area (Å²) in [5.41, 5.74) is 2.87. The number of carbonyl (C=O) groups is 2. The third kappa shape index (κ3) is 3.96. The summed E-state index contributed by atoms with van der Waals surface area (Å²) in [5, 5.41) is 9.74. The first-order valence-electron chi connectivity index (χ1n) is 14.0. The molecule has 10 nitrogen and oxygen atoms in total. The highest BCUT2D eigenvalue weighted by molar-refractivity contribution is 5.99. The summed E-state index contributed by atoms with van der Waals surface area (Å²) in [6.07, 6.45) is 6.18. The van der Waals surface area contributed by atoms with Gasteiger partial charge in [-0.15, -0.1) is 0 Å². The molecule has 0 saturated carbocycles. The van der Waals surface area contributed by atoms with Crippen molar-refractivity contribution < 1.29 is 23.5 Å². The summed E-state index contributed by atoms with van der Waals surface area (Å²) in [6, 6.07) is 2.76. The molecule has 0 spiro atoms. The highest BCUT2D eigenvalue weighted by atomic mass is 19.2. The third-order valence-electron chi connectivity index (χ3n) is 9.14. The van der Waals surface area contributed by atoms with Crippen molar-refractivity contribution in [2.75, 3.05) is 43.5 Å². The maximum atomic E-state index is 15.8. The molecule has 2 aliphatic heterocycles. The molecule has 2 saturated heterocycles. The van der Waals surface area contributed by atoms with Gasteiger partial charge in [0.1, 0.15) is 11.2 Å². The van der Waals surface area contributed by atoms with Crippen LogP contribution in [0.5, 0.6) is 0 Å². The summed E-state index contributed by atoms with van der Waals surface area (Å²) < 4.78 is 32.5. The van der Waals surface area contributed by atoms with E-state index < -0.39 is 23.0 Å². The summed E-state index contributed by atoms with van der Waals surface area (Å²) in [6.45, 7) is 2.40. The molecular weight excluding hydrogens is 558 g/mol. The molecule has 0 unspecified atom stereocenters. The lowest BCUT2D eigenvalue weighted by atomic mass is 9.96. The number of carbonyl (C=O) groups excluding carboxylic acids is 1. The molecule has 2 fully saturated rings. The number of likely N-dealkylation sites (N-methyl/N-ethyl adjacent to an activating group) is 1. The van der Waals surface area contributed by atoms with E-state index in [1.807, 2.05) is 0 Å². The first-order chi connectivity index (χ1) is 20.6. The van der Waals surface area contributed by atoms with Gasteiger partial charge < -0.3 is 24.4 Å². The number of rotatable bonds is 5. The van der Waals surface area contributed by atoms with E-state index >= 15 is 8.78 Å². The zero-order valence-electron chi connectivity index (χ0n) is 23.8. The number of anilines is 2. The highest BCUT2D eigenvalue weighted by Crippen LogP contribution is 2.52. The summed E-state index contributed by atoms with van der Waals surface area (Å²) >= 11 is 0. The predicted octanol–water partition coefficient (Wildman–Crippen LogP) is 3.28. The molecule has 0 bridgehead atoms. The Labute approximate surface area is 244 Å². The van der Waals surface area contributed by atoms with E-state index in [9.17, 15) is 19.5 Å². The van der Waals surface area contributed by atoms with E-state index in [1.165, 1.54) is 22.7 Å². The molecule has 3 aromatic heterocycles. The number of fused-ring (bicyclic) bond motifs is 5. The standard InChI is InChI=1S/C31H28F2N6O4/c1-36-11-15-4-5-39(24(15)13-36)28-19(16-6-18-29(41)20(31(42)43)12-37(2)30(18)35-9-16)10-34-22-7-17-23(38(3)14-40)8-21(32)27(33)25(17)26(22)28/h6,8-10,12,14-15,24H,4-5,7,11,13H2,1-3H3,(H,42,43)/t15-,24+/m0/s1. The average Bonchev–Trinajstić information content (AvgIpc) is 3.67. The minimum atomic E-state index is -1.34. The van der Waals surface area contributed by atoms with Crippen LogP contribution in [0.1, 0.15) is 28.0 Å². The molecule has 4 aromatic rings. The molecule has 43 heavy (non-hydrogen) atoms. The largest absolute Gasteiger partial charge is 0.477 e. The van der Waals surface area contributed by atoms with Crippen molar-refractivity contribution in [2.24, 2.45) is 13.0 Å². The molecule has 1 aliphatic carbocycles. The lowest BCUT2D eigenvalue weighted by molar-refractivity contribution is -0.107. The molecule has 1 N–H and O–H groups in total. The fourth-order valence-corrected chi connectivity index (χ4v) is 7.19. The van der Waals surface area contributed by atoms with Gasteiger partial charge in [-0.2, -0.15) is 0 Å². The number of carboxylic acids is 1. The van der Waals surface area contributed by atoms with Crippen molar-refractivity contribution in [3.63, 3.8) is 0 Å². The maximum absolute atomic E-state index is 15.8. The molecular formula is C31H28F2N6O4. The summed E-state index contributed by atoms with van der Waals surface area (Å²) in [4.78, 5) is 51.6. The molecule has 220 valence electrons. The van der Waals surface area contributed by atoms with Gasteiger partial charge in [-0.25, -0.2) is 18.6 Å². The predicted molar refractivity (Wildman–Crippen MR) is 157 cm³/mol. The van der Waals surface area contributed by atoms with Crippen LogP contribution < -0.4 is 15.2 Å². The molecule has 5 heterocycles. The van der Waals surface area contributed by atoms with Crippen molar-refractivity contribution in [2.45, 2.75) is 18.9 Å². The van der Waals surface area contributed by atoms with E-state index in [1.54, 1.807) is 25.5 Å². The van der Waals surface area contributed by atoms with Crippen molar-refractivity contribution in [1.82, 2.24) is 19.4 Å². The third-order valence-corrected chi connectivity index (χ3v) is 9.14. The monoisotopic (exact) mass is 586 g/mol. The number of pyridine rings is 3. The van der Waals surface area contributed by atoms with Gasteiger partial charge in [-0.1, -0.05) is 0 Å². The van der Waals surface area contributed by atoms with Gasteiger partial charge in [0, 0.05) is 93.1 Å². The van der Waals surface area contributed by atoms with Crippen LogP contribution in [-0.4, -0.2) is 76.7 Å². The SMILES string of the molecule is CN1C[C@@H]2CCN(c3c(-c4cnc5c(c4)c(=O)c(C(=O)O)cn5C)cnc4c3-c3c(F)c(F)cc(N(C)C=O)c3C4)[C@@H]2C1. The van der Waals surface area contributed by atoms with Crippen LogP contribution in [0.15, 0.2) is 35.5 Å². The Morgan fingerprint density at radius 2 is 1.93 bits per heavy atom. The Morgan fingerprint density at radius 3 is 2.67 bits per heavy atom. The number of likely N-dealkylation sites (tertiary alicyclic amines) is 1. The first kappa shape index (κ1) is 27.1. The minimum absolute atomic E-state index is 0.0793. The van der Waals surface area contributed by atoms with Crippen molar-refractivity contribution in [1.29, 1.82) is 0 Å². The van der Waals surface area contributed by atoms with Gasteiger partial charge in [-0.3, -0.25) is 14.6 Å². The van der Waals surface area contributed by atoms with Gasteiger partial charge in [0.15, 0.2) is 11.6 Å². The minimum Gasteiger partial charge on any atom is -0.477 e. The number of hydrogen-bond acceptors (Lipinski definition) is 7. The topological polar surface area (TPSA) is 112 Å². The molecule has 2 atom stereocenters. The van der Waals surface area contributed by atoms with Crippen LogP contribution in [0.25, 0.3) is 33.3 Å². The fraction of sp³-hybridized carbons (Fsp3) is 0.323. The van der Waals surface area contributed by atoms with Crippen LogP contribution in [0.2, 0.25) is 0 Å². The van der Waals surface area contributed by atoms with Crippen LogP contribution in [0.3, 0.4) is 0 Å². The van der Waals surface area contributed by atoms with E-state index in [2.05, 4.69) is 21.8 Å². The average molecular weight is 587 g/mol. The second kappa shape index (κ2) is 9.66. The van der Waals surface area contributed by atoms with Crippen LogP contribution in [-0.2, 0) is 18.3 Å². The second-order valence-corrected chi connectivity index (χ2v) is 11.7. The second-order valence-electron chi connectivity index (χ2n) is 11.7. The molecule has 12 heteroatoms. The van der Waals surface area contributed by atoms with E-state index in [0.29, 0.717) is 58.2 Å². The Hall–Kier alpha value is -4.71. The van der Waals surface area contributed by atoms with E-state index in [0.717, 1.165) is 25.6 Å². The summed E-state index contributed by atoms with van der Waals surface area (Å²) in [7, 11) is 5.17. The van der Waals surface area contributed by atoms with Crippen LogP contribution in [0, 0.1) is 17.6 Å². The number of aromatic carboxylic acids is 1. The molecule has 1 amide bonds. The van der Waals surface area contributed by atoms with Gasteiger partial charge in [0.05, 0.1) is 22.5 Å². The van der Waals surface area contributed by atoms with Gasteiger partial charge in [-0.05, 0) is 31.0 Å². The molecule has 7 rings (SSSR count).